The maximum absolute atomic E-state index is 4.55. The van der Waals surface area contributed by atoms with Crippen LogP contribution in [0.25, 0.3) is 5.69 Å². The summed E-state index contributed by atoms with van der Waals surface area (Å²) in [6, 6.07) is 10.8. The Morgan fingerprint density at radius 2 is 2.10 bits per heavy atom. The van der Waals surface area contributed by atoms with Crippen molar-refractivity contribution in [2.24, 2.45) is 5.92 Å². The van der Waals surface area contributed by atoms with E-state index in [9.17, 15) is 0 Å². The van der Waals surface area contributed by atoms with Crippen molar-refractivity contribution in [3.8, 4) is 5.69 Å². The number of benzene rings is 1. The molecule has 0 spiro atoms. The highest BCUT2D eigenvalue weighted by Crippen LogP contribution is 2.35. The third-order valence-corrected chi connectivity index (χ3v) is 4.40. The highest BCUT2D eigenvalue weighted by atomic mass is 15.3. The molecule has 1 aromatic carbocycles. The van der Waals surface area contributed by atoms with Gasteiger partial charge in [-0.25, -0.2) is 4.68 Å². The molecule has 2 atom stereocenters. The number of hydrogen-bond acceptors (Lipinski definition) is 3. The molecule has 2 aromatic rings. The number of likely N-dealkylation sites (tertiary alicyclic amines) is 1. The van der Waals surface area contributed by atoms with Crippen LogP contribution in [0.4, 0.5) is 0 Å². The van der Waals surface area contributed by atoms with Crippen LogP contribution in [0.3, 0.4) is 0 Å². The van der Waals surface area contributed by atoms with E-state index in [2.05, 4.69) is 47.6 Å². The second kappa shape index (κ2) is 6.41. The molecule has 0 saturated carbocycles. The van der Waals surface area contributed by atoms with Crippen molar-refractivity contribution >= 4 is 0 Å². The summed E-state index contributed by atoms with van der Waals surface area (Å²) < 4.78 is 1.98. The molecule has 2 heterocycles. The van der Waals surface area contributed by atoms with Gasteiger partial charge in [-0.3, -0.25) is 4.90 Å². The molecule has 0 radical (unpaired) electrons. The fraction of sp³-hybridized carbons (Fsp3) is 0.471. The predicted molar refractivity (Wildman–Crippen MR) is 85.6 cm³/mol. The minimum Gasteiger partial charge on any atom is -0.317 e. The van der Waals surface area contributed by atoms with Gasteiger partial charge in [0, 0.05) is 17.8 Å². The molecule has 1 aliphatic heterocycles. The lowest BCUT2D eigenvalue weighted by Gasteiger charge is -2.24. The zero-order chi connectivity index (χ0) is 14.7. The summed E-state index contributed by atoms with van der Waals surface area (Å²) in [6.07, 6.45) is 5.46. The minimum absolute atomic E-state index is 0.474. The number of hydrogen-bond donors (Lipinski definition) is 1. The van der Waals surface area contributed by atoms with E-state index >= 15 is 0 Å². The van der Waals surface area contributed by atoms with Crippen molar-refractivity contribution < 1.29 is 0 Å². The first-order valence-electron chi connectivity index (χ1n) is 7.80. The van der Waals surface area contributed by atoms with Crippen LogP contribution in [-0.2, 0) is 0 Å². The van der Waals surface area contributed by atoms with Gasteiger partial charge in [0.15, 0.2) is 0 Å². The maximum atomic E-state index is 4.55. The molecule has 112 valence electrons. The Kier molecular flexibility index (Phi) is 4.36. The van der Waals surface area contributed by atoms with E-state index in [0.29, 0.717) is 12.0 Å². The van der Waals surface area contributed by atoms with Gasteiger partial charge in [0.05, 0.1) is 11.9 Å². The van der Waals surface area contributed by atoms with Gasteiger partial charge in [-0.2, -0.15) is 5.10 Å². The number of nitrogens with zero attached hydrogens (tertiary/aromatic N) is 3. The smallest absolute Gasteiger partial charge is 0.0645 e. The predicted octanol–water partition coefficient (Wildman–Crippen LogP) is 2.47. The zero-order valence-corrected chi connectivity index (χ0v) is 12.9. The summed E-state index contributed by atoms with van der Waals surface area (Å²) in [4.78, 5) is 2.45. The van der Waals surface area contributed by atoms with Crippen LogP contribution in [0.2, 0.25) is 0 Å². The van der Waals surface area contributed by atoms with Gasteiger partial charge in [-0.05, 0) is 51.2 Å². The summed E-state index contributed by atoms with van der Waals surface area (Å²) in [5, 5.41) is 8.04. The fourth-order valence-corrected chi connectivity index (χ4v) is 3.31. The maximum Gasteiger partial charge on any atom is 0.0645 e. The molecule has 1 saturated heterocycles. The second-order valence-corrected chi connectivity index (χ2v) is 5.84. The van der Waals surface area contributed by atoms with Crippen molar-refractivity contribution in [2.45, 2.75) is 19.4 Å². The van der Waals surface area contributed by atoms with Crippen LogP contribution in [0, 0.1) is 5.92 Å². The van der Waals surface area contributed by atoms with Gasteiger partial charge < -0.3 is 5.32 Å². The lowest BCUT2D eigenvalue weighted by atomic mass is 9.96. The lowest BCUT2D eigenvalue weighted by Crippen LogP contribution is -2.28. The molecule has 21 heavy (non-hydrogen) atoms. The summed E-state index contributed by atoms with van der Waals surface area (Å²) >= 11 is 0. The Morgan fingerprint density at radius 1 is 1.29 bits per heavy atom. The third kappa shape index (κ3) is 3.01. The quantitative estimate of drug-likeness (QED) is 0.915. The SMILES string of the molecule is CCNCC1CCN(C)C1c1cnn(-c2ccccc2)c1. The number of aromatic nitrogens is 2. The molecule has 1 aromatic heterocycles. The third-order valence-electron chi connectivity index (χ3n) is 4.40. The van der Waals surface area contributed by atoms with Crippen LogP contribution in [-0.4, -0.2) is 41.4 Å². The summed E-state index contributed by atoms with van der Waals surface area (Å²) in [6.45, 7) is 5.45. The first kappa shape index (κ1) is 14.3. The molecular formula is C17H24N4. The van der Waals surface area contributed by atoms with E-state index in [1.54, 1.807) is 0 Å². The van der Waals surface area contributed by atoms with Gasteiger partial charge in [-0.1, -0.05) is 25.1 Å². The van der Waals surface area contributed by atoms with Crippen molar-refractivity contribution in [3.63, 3.8) is 0 Å². The van der Waals surface area contributed by atoms with Gasteiger partial charge in [0.2, 0.25) is 0 Å². The Hall–Kier alpha value is -1.65. The highest BCUT2D eigenvalue weighted by molar-refractivity contribution is 5.31. The van der Waals surface area contributed by atoms with Crippen molar-refractivity contribution in [3.05, 3.63) is 48.3 Å². The average Bonchev–Trinajstić information content (AvgIpc) is 3.12. The van der Waals surface area contributed by atoms with E-state index in [1.807, 2.05) is 29.1 Å². The van der Waals surface area contributed by atoms with E-state index in [-0.39, 0.29) is 0 Å². The zero-order valence-electron chi connectivity index (χ0n) is 12.9. The molecule has 1 fully saturated rings. The molecule has 0 aliphatic carbocycles. The second-order valence-electron chi connectivity index (χ2n) is 5.84. The summed E-state index contributed by atoms with van der Waals surface area (Å²) in [5.41, 5.74) is 2.44. The first-order valence-corrected chi connectivity index (χ1v) is 7.80. The molecule has 0 amide bonds. The monoisotopic (exact) mass is 284 g/mol. The minimum atomic E-state index is 0.474. The van der Waals surface area contributed by atoms with Crippen molar-refractivity contribution in [1.82, 2.24) is 20.0 Å². The lowest BCUT2D eigenvalue weighted by molar-refractivity contribution is 0.273. The molecule has 1 aliphatic rings. The number of nitrogens with one attached hydrogen (secondary N) is 1. The number of para-hydroxylation sites is 1. The van der Waals surface area contributed by atoms with Crippen molar-refractivity contribution in [2.75, 3.05) is 26.7 Å². The van der Waals surface area contributed by atoms with Crippen molar-refractivity contribution in [1.29, 1.82) is 0 Å². The van der Waals surface area contributed by atoms with E-state index in [1.165, 1.54) is 12.0 Å². The molecule has 4 heteroatoms. The topological polar surface area (TPSA) is 33.1 Å². The Morgan fingerprint density at radius 3 is 2.86 bits per heavy atom. The van der Waals surface area contributed by atoms with Gasteiger partial charge in [-0.15, -0.1) is 0 Å². The average molecular weight is 284 g/mol. The summed E-state index contributed by atoms with van der Waals surface area (Å²) in [5.74, 6) is 0.670. The van der Waals surface area contributed by atoms with Crippen LogP contribution in [0.5, 0.6) is 0 Å². The molecule has 1 N–H and O–H groups in total. The highest BCUT2D eigenvalue weighted by Gasteiger charge is 2.33. The van der Waals surface area contributed by atoms with E-state index in [4.69, 9.17) is 0 Å². The van der Waals surface area contributed by atoms with E-state index < -0.39 is 0 Å². The Bertz CT molecular complexity index is 563. The fourth-order valence-electron chi connectivity index (χ4n) is 3.31. The Labute approximate surface area is 126 Å². The standard InChI is InChI=1S/C17H24N4/c1-3-18-11-14-9-10-20(2)17(14)15-12-19-21(13-15)16-7-5-4-6-8-16/h4-8,12-14,17-18H,3,9-11H2,1-2H3. The molecule has 2 unspecified atom stereocenters. The van der Waals surface area contributed by atoms with Crippen LogP contribution >= 0.6 is 0 Å². The van der Waals surface area contributed by atoms with Gasteiger partial charge >= 0.3 is 0 Å². The van der Waals surface area contributed by atoms with Crippen LogP contribution < -0.4 is 5.32 Å². The van der Waals surface area contributed by atoms with E-state index in [0.717, 1.165) is 25.3 Å². The van der Waals surface area contributed by atoms with Gasteiger partial charge in [0.1, 0.15) is 0 Å². The number of rotatable bonds is 5. The van der Waals surface area contributed by atoms with Crippen LogP contribution in [0.1, 0.15) is 24.9 Å². The largest absolute Gasteiger partial charge is 0.317 e. The molecular weight excluding hydrogens is 260 g/mol. The first-order chi connectivity index (χ1) is 10.3. The van der Waals surface area contributed by atoms with Gasteiger partial charge in [0.25, 0.3) is 0 Å². The summed E-state index contributed by atoms with van der Waals surface area (Å²) in [7, 11) is 2.22. The molecule has 4 nitrogen and oxygen atoms in total. The molecule has 3 rings (SSSR count). The Balaban J connectivity index is 1.81. The van der Waals surface area contributed by atoms with Crippen LogP contribution in [0.15, 0.2) is 42.7 Å². The normalized spacial score (nSPS) is 22.8. The molecule has 0 bridgehead atoms.